The molecule has 2 atom stereocenters. The number of aryl methyl sites for hydroxylation is 1. The summed E-state index contributed by atoms with van der Waals surface area (Å²) in [5, 5.41) is 0. The molecule has 0 radical (unpaired) electrons. The number of unbranched alkanes of at least 4 members (excludes halogenated alkanes) is 2. The molecule has 0 aliphatic rings. The van der Waals surface area contributed by atoms with Crippen LogP contribution >= 0.6 is 0 Å². The zero-order chi connectivity index (χ0) is 35.0. The summed E-state index contributed by atoms with van der Waals surface area (Å²) in [6, 6.07) is 31.9. The molecule has 0 bridgehead atoms. The van der Waals surface area contributed by atoms with E-state index in [1.807, 2.05) is 24.3 Å². The van der Waals surface area contributed by atoms with Gasteiger partial charge in [-0.15, -0.1) is 0 Å². The van der Waals surface area contributed by atoms with E-state index in [0.29, 0.717) is 0 Å². The van der Waals surface area contributed by atoms with Crippen LogP contribution in [0.1, 0.15) is 107 Å². The monoisotopic (exact) mass is 660 g/mol. The summed E-state index contributed by atoms with van der Waals surface area (Å²) in [5.74, 6) is 1.80. The Hall–Kier alpha value is -4.12. The third-order valence-electron chi connectivity index (χ3n) is 8.19. The molecule has 0 aromatic heterocycles. The first-order chi connectivity index (χ1) is 23.7. The first kappa shape index (κ1) is 37.7. The molecule has 49 heavy (non-hydrogen) atoms. The lowest BCUT2D eigenvalue weighted by Crippen LogP contribution is -2.08. The van der Waals surface area contributed by atoms with Gasteiger partial charge in [-0.05, 0) is 111 Å². The van der Waals surface area contributed by atoms with Crippen molar-refractivity contribution in [1.82, 2.24) is 0 Å². The molecule has 0 saturated heterocycles. The minimum absolute atomic E-state index is 0.104. The van der Waals surface area contributed by atoms with Crippen molar-refractivity contribution in [2.75, 3.05) is 13.2 Å². The molecule has 0 saturated carbocycles. The topological polar surface area (TPSA) is 36.9 Å². The van der Waals surface area contributed by atoms with Gasteiger partial charge in [0.1, 0.15) is 23.7 Å². The summed E-state index contributed by atoms with van der Waals surface area (Å²) in [6.07, 6.45) is 12.9. The van der Waals surface area contributed by atoms with E-state index in [4.69, 9.17) is 18.9 Å². The lowest BCUT2D eigenvalue weighted by molar-refractivity contribution is 0.0350. The van der Waals surface area contributed by atoms with Gasteiger partial charge in [0, 0.05) is 0 Å². The summed E-state index contributed by atoms with van der Waals surface area (Å²) in [5.41, 5.74) is 8.16. The lowest BCUT2D eigenvalue weighted by Gasteiger charge is -2.18. The van der Waals surface area contributed by atoms with Gasteiger partial charge in [0.2, 0.25) is 0 Å². The second-order valence-corrected chi connectivity index (χ2v) is 13.2. The molecule has 260 valence electrons. The van der Waals surface area contributed by atoms with E-state index in [-0.39, 0.29) is 24.4 Å². The van der Waals surface area contributed by atoms with Crippen LogP contribution in [0.4, 0.5) is 0 Å². The molecule has 0 aliphatic carbocycles. The highest BCUT2D eigenvalue weighted by Crippen LogP contribution is 2.29. The van der Waals surface area contributed by atoms with Crippen molar-refractivity contribution >= 4 is 12.2 Å². The number of rotatable bonds is 19. The summed E-state index contributed by atoms with van der Waals surface area (Å²) in [7, 11) is 0. The Morgan fingerprint density at radius 2 is 1.00 bits per heavy atom. The van der Waals surface area contributed by atoms with Crippen molar-refractivity contribution in [1.29, 1.82) is 0 Å². The van der Waals surface area contributed by atoms with Gasteiger partial charge < -0.3 is 18.9 Å². The molecule has 4 nitrogen and oxygen atoms in total. The predicted molar refractivity (Wildman–Crippen MR) is 206 cm³/mol. The normalized spacial score (nSPS) is 13.1. The highest BCUT2D eigenvalue weighted by atomic mass is 16.5. The van der Waals surface area contributed by atoms with E-state index in [1.165, 1.54) is 16.7 Å². The second-order valence-electron chi connectivity index (χ2n) is 13.2. The molecule has 0 amide bonds. The average molecular weight is 661 g/mol. The van der Waals surface area contributed by atoms with E-state index in [0.717, 1.165) is 72.6 Å². The van der Waals surface area contributed by atoms with Crippen LogP contribution in [0, 0.1) is 6.92 Å². The van der Waals surface area contributed by atoms with E-state index in [2.05, 4.69) is 140 Å². The predicted octanol–water partition coefficient (Wildman–Crippen LogP) is 12.4. The van der Waals surface area contributed by atoms with Crippen LogP contribution < -0.4 is 9.47 Å². The van der Waals surface area contributed by atoms with Gasteiger partial charge >= 0.3 is 0 Å². The first-order valence-electron chi connectivity index (χ1n) is 18.1. The molecular weight excluding hydrogens is 604 g/mol. The van der Waals surface area contributed by atoms with Crippen molar-refractivity contribution in [3.63, 3.8) is 0 Å². The van der Waals surface area contributed by atoms with Crippen LogP contribution in [0.2, 0.25) is 0 Å². The molecule has 0 spiro atoms. The molecule has 0 aliphatic heterocycles. The van der Waals surface area contributed by atoms with Crippen LogP contribution in [0.25, 0.3) is 23.3 Å². The quantitative estimate of drug-likeness (QED) is 0.0938. The maximum absolute atomic E-state index is 6.28. The number of hydrogen-bond donors (Lipinski definition) is 0. The number of ether oxygens (including phenoxy) is 4. The fourth-order valence-corrected chi connectivity index (χ4v) is 5.52. The zero-order valence-electron chi connectivity index (χ0n) is 30.7. The highest BCUT2D eigenvalue weighted by Gasteiger charge is 2.13. The van der Waals surface area contributed by atoms with Gasteiger partial charge in [0.15, 0.2) is 0 Å². The number of benzene rings is 4. The lowest BCUT2D eigenvalue weighted by atomic mass is 9.97. The van der Waals surface area contributed by atoms with Gasteiger partial charge in [-0.3, -0.25) is 0 Å². The summed E-state index contributed by atoms with van der Waals surface area (Å²) >= 11 is 0. The van der Waals surface area contributed by atoms with Gasteiger partial charge in [-0.25, -0.2) is 0 Å². The Labute approximate surface area is 295 Å². The number of hydrogen-bond acceptors (Lipinski definition) is 4. The molecule has 4 aromatic carbocycles. The van der Waals surface area contributed by atoms with Crippen molar-refractivity contribution in [3.05, 3.63) is 131 Å². The van der Waals surface area contributed by atoms with Gasteiger partial charge in [-0.2, -0.15) is 0 Å². The average Bonchev–Trinajstić information content (AvgIpc) is 3.09. The van der Waals surface area contributed by atoms with Gasteiger partial charge in [-0.1, -0.05) is 118 Å². The highest BCUT2D eigenvalue weighted by molar-refractivity contribution is 5.71. The molecule has 0 fully saturated rings. The maximum atomic E-state index is 6.28. The van der Waals surface area contributed by atoms with E-state index in [9.17, 15) is 0 Å². The minimum atomic E-state index is -0.139. The Bertz CT molecular complexity index is 1580. The van der Waals surface area contributed by atoms with Crippen LogP contribution in [0.15, 0.2) is 103 Å². The van der Waals surface area contributed by atoms with Crippen molar-refractivity contribution in [3.8, 4) is 22.6 Å². The van der Waals surface area contributed by atoms with E-state index in [1.54, 1.807) is 0 Å². The smallest absolute Gasteiger partial charge is 0.119 e. The van der Waals surface area contributed by atoms with E-state index >= 15 is 0 Å². The Morgan fingerprint density at radius 3 is 1.43 bits per heavy atom. The Morgan fingerprint density at radius 1 is 0.551 bits per heavy atom. The van der Waals surface area contributed by atoms with Crippen LogP contribution in [-0.4, -0.2) is 25.4 Å². The van der Waals surface area contributed by atoms with Crippen molar-refractivity contribution < 1.29 is 18.9 Å². The summed E-state index contributed by atoms with van der Waals surface area (Å²) in [4.78, 5) is 0. The Kier molecular flexibility index (Phi) is 15.2. The van der Waals surface area contributed by atoms with Crippen LogP contribution in [0.5, 0.6) is 11.5 Å². The fraction of sp³-hybridized carbons (Fsp3) is 0.378. The first-order valence-corrected chi connectivity index (χ1v) is 18.1. The fourth-order valence-electron chi connectivity index (χ4n) is 5.52. The Balaban J connectivity index is 1.43. The molecule has 4 heteroatoms. The summed E-state index contributed by atoms with van der Waals surface area (Å²) < 4.78 is 24.3. The summed E-state index contributed by atoms with van der Waals surface area (Å²) in [6.45, 7) is 16.3. The maximum Gasteiger partial charge on any atom is 0.119 e. The SMILES string of the molecule is CCCCOc1ccc(C(C=Cc2ccc(-c3ccc(C=CC(OC(C)C)c4ccc(OCCCC)cc4)cc3C)cc2)OC(C)C)cc1. The molecule has 4 aromatic rings. The third-order valence-corrected chi connectivity index (χ3v) is 8.19. The van der Waals surface area contributed by atoms with E-state index < -0.39 is 0 Å². The van der Waals surface area contributed by atoms with Gasteiger partial charge in [0.25, 0.3) is 0 Å². The largest absolute Gasteiger partial charge is 0.494 e. The molecule has 0 heterocycles. The van der Waals surface area contributed by atoms with Crippen molar-refractivity contribution in [2.45, 2.75) is 98.6 Å². The second kappa shape index (κ2) is 19.8. The van der Waals surface area contributed by atoms with Crippen LogP contribution in [-0.2, 0) is 9.47 Å². The zero-order valence-corrected chi connectivity index (χ0v) is 30.7. The standard InChI is InChI=1S/C45H56O4/c1-8-10-30-46-41-23-19-39(20-24-41)44(48-33(3)4)28-15-36-12-17-38(18-13-36)43-27-14-37(32-35(43)7)16-29-45(49-34(5)6)40-21-25-42(26-22-40)47-31-11-9-2/h12-29,32-34,44-45H,8-11,30-31H2,1-7H3. The molecular formula is C45H56O4. The van der Waals surface area contributed by atoms with Gasteiger partial charge in [0.05, 0.1) is 25.4 Å². The molecule has 0 N–H and O–H groups in total. The van der Waals surface area contributed by atoms with Crippen LogP contribution in [0.3, 0.4) is 0 Å². The molecule has 2 unspecified atom stereocenters. The minimum Gasteiger partial charge on any atom is -0.494 e. The molecule has 4 rings (SSSR count). The third kappa shape index (κ3) is 12.4. The van der Waals surface area contributed by atoms with Crippen molar-refractivity contribution in [2.24, 2.45) is 0 Å².